The minimum absolute atomic E-state index is 0.0545. The number of esters is 3. The number of aliphatic hydroxyl groups is 16. The molecule has 14 rings (SSSR count). The molecule has 542 valence electrons. The highest BCUT2D eigenvalue weighted by Crippen LogP contribution is 2.76. The molecule has 0 aromatic rings. The van der Waals surface area contributed by atoms with Crippen LogP contribution >= 0.6 is 0 Å². The molecule has 4 saturated carbocycles. The Morgan fingerprint density at radius 1 is 0.568 bits per heavy atom. The predicted octanol–water partition coefficient (Wildman–Crippen LogP) is -4.34. The Morgan fingerprint density at radius 2 is 1.22 bits per heavy atom. The zero-order valence-corrected chi connectivity index (χ0v) is 54.7. The molecule has 12 bridgehead atoms. The molecular formula is C64H100O31. The van der Waals surface area contributed by atoms with Gasteiger partial charge in [-0.1, -0.05) is 53.2 Å². The van der Waals surface area contributed by atoms with E-state index in [1.165, 1.54) is 6.92 Å². The van der Waals surface area contributed by atoms with Crippen LogP contribution in [0.3, 0.4) is 0 Å². The topological polar surface area (TPSA) is 486 Å². The lowest BCUT2D eigenvalue weighted by Crippen LogP contribution is -2.71. The molecule has 95 heavy (non-hydrogen) atoms. The highest BCUT2D eigenvalue weighted by molar-refractivity contribution is 5.80. The normalized spacial score (nSPS) is 54.8. The fourth-order valence-corrected chi connectivity index (χ4v) is 18.8. The van der Waals surface area contributed by atoms with Crippen molar-refractivity contribution in [3.63, 3.8) is 0 Å². The van der Waals surface area contributed by atoms with Crippen molar-refractivity contribution in [3.8, 4) is 0 Å². The molecule has 5 aliphatic carbocycles. The van der Waals surface area contributed by atoms with Crippen LogP contribution in [-0.4, -0.2) is 298 Å². The van der Waals surface area contributed by atoms with Crippen molar-refractivity contribution in [2.45, 2.75) is 285 Å². The van der Waals surface area contributed by atoms with Crippen LogP contribution in [0, 0.1) is 50.2 Å². The molecule has 9 aliphatic heterocycles. The number of carbonyl (C=O) groups excluding carboxylic acids is 3. The molecule has 31 heteroatoms. The Bertz CT molecular complexity index is 2790. The summed E-state index contributed by atoms with van der Waals surface area (Å²) in [6.07, 6.45) is -44.3. The number of aliphatic hydroxyl groups excluding tert-OH is 15. The molecule has 31 nitrogen and oxygen atoms in total. The summed E-state index contributed by atoms with van der Waals surface area (Å²) in [6, 6.07) is 0. The van der Waals surface area contributed by atoms with Gasteiger partial charge in [-0.25, -0.2) is 0 Å². The maximum absolute atomic E-state index is 15.7. The number of carbonyl (C=O) groups is 3. The van der Waals surface area contributed by atoms with Gasteiger partial charge in [0.25, 0.3) is 0 Å². The number of rotatable bonds is 4. The van der Waals surface area contributed by atoms with Crippen LogP contribution in [-0.2, 0) is 71.2 Å². The summed E-state index contributed by atoms with van der Waals surface area (Å²) < 4.78 is 72.1. The first-order chi connectivity index (χ1) is 44.4. The lowest BCUT2D eigenvalue weighted by molar-refractivity contribution is -0.384. The second-order valence-electron chi connectivity index (χ2n) is 31.1. The second-order valence-corrected chi connectivity index (χ2v) is 31.1. The second kappa shape index (κ2) is 26.8. The maximum Gasteiger partial charge on any atom is 0.317 e. The molecule has 0 aromatic heterocycles. The van der Waals surface area contributed by atoms with Gasteiger partial charge in [0.05, 0.1) is 69.3 Å². The zero-order valence-electron chi connectivity index (χ0n) is 54.7. The fraction of sp³-hybridized carbons (Fsp3) is 0.922. The molecule has 16 N–H and O–H groups in total. The van der Waals surface area contributed by atoms with E-state index in [4.69, 9.17) is 56.8 Å². The quantitative estimate of drug-likeness (QED) is 0.0547. The van der Waals surface area contributed by atoms with E-state index in [1.54, 1.807) is 6.92 Å². The summed E-state index contributed by atoms with van der Waals surface area (Å²) in [7, 11) is 0. The summed E-state index contributed by atoms with van der Waals surface area (Å²) in [6.45, 7) is 11.1. The van der Waals surface area contributed by atoms with Crippen LogP contribution < -0.4 is 0 Å². The Kier molecular flexibility index (Phi) is 20.7. The van der Waals surface area contributed by atoms with Gasteiger partial charge in [-0.15, -0.1) is 0 Å². The van der Waals surface area contributed by atoms with Crippen molar-refractivity contribution < 1.29 is 153 Å². The molecule has 3 unspecified atom stereocenters. The van der Waals surface area contributed by atoms with Gasteiger partial charge < -0.3 is 139 Å². The average Bonchev–Trinajstić information content (AvgIpc) is 0.670. The smallest absolute Gasteiger partial charge is 0.317 e. The minimum Gasteiger partial charge on any atom is -0.463 e. The van der Waals surface area contributed by atoms with E-state index >= 15 is 4.79 Å². The van der Waals surface area contributed by atoms with E-state index in [0.29, 0.717) is 32.1 Å². The van der Waals surface area contributed by atoms with E-state index < -0.39 is 268 Å². The van der Waals surface area contributed by atoms with Crippen LogP contribution in [0.15, 0.2) is 11.6 Å². The van der Waals surface area contributed by atoms with Gasteiger partial charge >= 0.3 is 17.9 Å². The van der Waals surface area contributed by atoms with Gasteiger partial charge in [-0.3, -0.25) is 14.4 Å². The maximum atomic E-state index is 15.7. The summed E-state index contributed by atoms with van der Waals surface area (Å²) in [5.41, 5.74) is -7.04. The van der Waals surface area contributed by atoms with Crippen molar-refractivity contribution in [2.24, 2.45) is 50.2 Å². The molecule has 0 radical (unpaired) electrons. The number of allylic oxidation sites excluding steroid dienone is 2. The van der Waals surface area contributed by atoms with Crippen LogP contribution in [0.4, 0.5) is 0 Å². The monoisotopic (exact) mass is 1360 g/mol. The molecule has 11 fully saturated rings. The van der Waals surface area contributed by atoms with Crippen molar-refractivity contribution >= 4 is 17.9 Å². The standard InChI is InChI=1S/C64H100O31/c1-25-47-48(91-52-44(79)38(73)29(68)21-85-52)46(81)54(87-25)92-49-39(74)30(69)22-86-55(49)95-57(82)64-14-13-58(2,3)15-27(64)26-9-10-34-60(5)16-28(67)51(61(6,24-66)33(60)11-12-62(34,7)63(26,8)17-35(64)70)94-56-50(43(78)40(75)31(20-65)88-56)93-53-45(80)42(77)41(76)32(89-53)23-84-36(71)18-59(4,83)19-37(72)90-47/h9,25,27-35,38-56,65-70,73-81,83H,10-24H2,1-8H3/t25-,27?,28-,29+,30-,31+,32+,33?,34?,35+,38-,39-,40+,41+,42-,43-,44+,45+,46+,47-,48-,49+,50+,51-,52-,53-,54-,55-,56-,59-,60-,61-,62+,63+,64+/m0/s1. The van der Waals surface area contributed by atoms with Crippen LogP contribution in [0.1, 0.15) is 120 Å². The molecule has 1 spiro atoms. The molecular weight excluding hydrogens is 1260 g/mol. The Labute approximate surface area is 549 Å². The zero-order chi connectivity index (χ0) is 69.4. The third-order valence-electron chi connectivity index (χ3n) is 24.3. The Morgan fingerprint density at radius 3 is 1.91 bits per heavy atom. The fourth-order valence-electron chi connectivity index (χ4n) is 18.8. The third kappa shape index (κ3) is 12.7. The van der Waals surface area contributed by atoms with E-state index in [1.807, 2.05) is 0 Å². The Balaban J connectivity index is 0.966. The molecule has 0 aromatic carbocycles. The first-order valence-electron chi connectivity index (χ1n) is 33.3. The highest BCUT2D eigenvalue weighted by Gasteiger charge is 2.73. The molecule has 7 saturated heterocycles. The molecule has 9 heterocycles. The minimum atomic E-state index is -2.32. The number of hydrogen-bond donors (Lipinski definition) is 16. The van der Waals surface area contributed by atoms with Gasteiger partial charge in [0.1, 0.15) is 104 Å². The lowest BCUT2D eigenvalue weighted by atomic mass is 9.33. The largest absolute Gasteiger partial charge is 0.463 e. The van der Waals surface area contributed by atoms with E-state index in [9.17, 15) is 91.3 Å². The first kappa shape index (κ1) is 73.4. The SMILES string of the molecule is C[C@@H]1O[C@H]2O[C@H]3[C@@H](OC[C@H](O)[C@@H]3O)OC(=O)[C@]34CCC(C)(C)CC3C3=CCC5[C@@]6(C)C[C@H](O)[C@H](O[C@@H]7O[C@H](CO)[C@@H](O)[C@H](O)[C@H]7O[C@@H]7O[C@H](COC(=O)C[C@](C)(O)CC(=O)O[C@@H]1[C@@H](O[C@@H]1OC[C@@H](O)[C@H](O)[C@H]1O)[C@H]2O)[C@@H](O)[C@H](O)[C@H]7O)[C@@](C)(CO)C6CC[C@@]5(C)[C@]3(C)C[C@H]4O. The molecule has 0 amide bonds. The summed E-state index contributed by atoms with van der Waals surface area (Å²) >= 11 is 0. The van der Waals surface area contributed by atoms with Gasteiger partial charge in [0.2, 0.25) is 6.29 Å². The first-order valence-corrected chi connectivity index (χ1v) is 33.3. The van der Waals surface area contributed by atoms with E-state index in [2.05, 4.69) is 40.7 Å². The van der Waals surface area contributed by atoms with Crippen LogP contribution in [0.2, 0.25) is 0 Å². The van der Waals surface area contributed by atoms with Crippen LogP contribution in [0.25, 0.3) is 0 Å². The van der Waals surface area contributed by atoms with Gasteiger partial charge in [-0.2, -0.15) is 0 Å². The van der Waals surface area contributed by atoms with Crippen molar-refractivity contribution in [3.05, 3.63) is 11.6 Å². The van der Waals surface area contributed by atoms with E-state index in [-0.39, 0.29) is 30.6 Å². The van der Waals surface area contributed by atoms with Gasteiger partial charge in [0.15, 0.2) is 37.4 Å². The number of ether oxygens (including phenoxy) is 12. The van der Waals surface area contributed by atoms with Crippen LogP contribution in [0.5, 0.6) is 0 Å². The third-order valence-corrected chi connectivity index (χ3v) is 24.3. The van der Waals surface area contributed by atoms with Gasteiger partial charge in [-0.05, 0) is 105 Å². The molecule has 14 aliphatic rings. The predicted molar refractivity (Wildman–Crippen MR) is 314 cm³/mol. The highest BCUT2D eigenvalue weighted by atomic mass is 16.8. The number of hydrogen-bond acceptors (Lipinski definition) is 31. The Hall–Kier alpha value is -2.85. The van der Waals surface area contributed by atoms with Crippen molar-refractivity contribution in [1.82, 2.24) is 0 Å². The van der Waals surface area contributed by atoms with Gasteiger partial charge in [0, 0.05) is 5.41 Å². The van der Waals surface area contributed by atoms with Crippen molar-refractivity contribution in [2.75, 3.05) is 33.0 Å². The summed E-state index contributed by atoms with van der Waals surface area (Å²) in [5, 5.41) is 183. The lowest BCUT2D eigenvalue weighted by Gasteiger charge is -2.72. The molecule has 35 atom stereocenters. The average molecular weight is 1370 g/mol. The van der Waals surface area contributed by atoms with E-state index in [0.717, 1.165) is 12.5 Å². The van der Waals surface area contributed by atoms with Crippen molar-refractivity contribution in [1.29, 1.82) is 0 Å². The summed E-state index contributed by atoms with van der Waals surface area (Å²) in [5.74, 6) is -4.74. The summed E-state index contributed by atoms with van der Waals surface area (Å²) in [4.78, 5) is 43.1.